The van der Waals surface area contributed by atoms with E-state index in [0.717, 1.165) is 6.39 Å². The maximum Gasteiger partial charge on any atom is 0.573 e. The van der Waals surface area contributed by atoms with E-state index in [4.69, 9.17) is 14.0 Å². The first-order valence-corrected chi connectivity index (χ1v) is 8.57. The summed E-state index contributed by atoms with van der Waals surface area (Å²) < 4.78 is 62.3. The molecular weight excluding hydrogens is 410 g/mol. The van der Waals surface area contributed by atoms with Crippen LogP contribution in [-0.4, -0.2) is 28.6 Å². The zero-order valence-electron chi connectivity index (χ0n) is 15.5. The second-order valence-electron chi connectivity index (χ2n) is 5.95. The number of benzene rings is 2. The molecule has 1 aliphatic heterocycles. The van der Waals surface area contributed by atoms with Crippen LogP contribution in [0.1, 0.15) is 13.3 Å². The number of aromatic nitrogens is 2. The molecule has 11 heteroatoms. The lowest BCUT2D eigenvalue weighted by Crippen LogP contribution is -2.16. The molecule has 2 heterocycles. The molecule has 3 aromatic rings. The molecule has 1 unspecified atom stereocenters. The van der Waals surface area contributed by atoms with Gasteiger partial charge in [0, 0.05) is 0 Å². The first-order chi connectivity index (χ1) is 14.3. The fourth-order valence-corrected chi connectivity index (χ4v) is 2.31. The number of nitrogens with zero attached hydrogens (tertiary/aromatic N) is 3. The highest BCUT2D eigenvalue weighted by atomic mass is 19.4. The SMILES string of the molecule is CC1CC(Oc2ccc(F)c(-c3nnco3)c2)=NO1.FC(F)(F)Oc1ccccc1. The molecule has 0 saturated carbocycles. The van der Waals surface area contributed by atoms with Gasteiger partial charge in [0.15, 0.2) is 0 Å². The number of para-hydroxylation sites is 1. The van der Waals surface area contributed by atoms with Gasteiger partial charge >= 0.3 is 6.36 Å². The van der Waals surface area contributed by atoms with Gasteiger partial charge in [-0.05, 0) is 37.3 Å². The highest BCUT2D eigenvalue weighted by Gasteiger charge is 2.30. The molecule has 7 nitrogen and oxygen atoms in total. The summed E-state index contributed by atoms with van der Waals surface area (Å²) in [5, 5.41) is 11.0. The van der Waals surface area contributed by atoms with Crippen LogP contribution >= 0.6 is 0 Å². The zero-order chi connectivity index (χ0) is 21.6. The van der Waals surface area contributed by atoms with E-state index in [2.05, 4.69) is 20.1 Å². The summed E-state index contributed by atoms with van der Waals surface area (Å²) in [5.74, 6) is 0.331. The van der Waals surface area contributed by atoms with E-state index in [-0.39, 0.29) is 23.3 Å². The van der Waals surface area contributed by atoms with E-state index in [0.29, 0.717) is 18.1 Å². The summed E-state index contributed by atoms with van der Waals surface area (Å²) in [6, 6.07) is 11.3. The molecule has 0 bridgehead atoms. The number of rotatable bonds is 3. The molecule has 0 N–H and O–H groups in total. The predicted molar refractivity (Wildman–Crippen MR) is 96.0 cm³/mol. The van der Waals surface area contributed by atoms with E-state index >= 15 is 0 Å². The Morgan fingerprint density at radius 1 is 1.07 bits per heavy atom. The van der Waals surface area contributed by atoms with Crippen molar-refractivity contribution in [3.05, 3.63) is 60.7 Å². The van der Waals surface area contributed by atoms with Crippen molar-refractivity contribution in [3.63, 3.8) is 0 Å². The molecule has 158 valence electrons. The zero-order valence-corrected chi connectivity index (χ0v) is 15.5. The Labute approximate surface area is 167 Å². The van der Waals surface area contributed by atoms with Gasteiger partial charge in [0.2, 0.25) is 12.3 Å². The molecule has 0 amide bonds. The van der Waals surface area contributed by atoms with Gasteiger partial charge in [-0.2, -0.15) is 0 Å². The minimum atomic E-state index is -4.60. The van der Waals surface area contributed by atoms with Crippen LogP contribution < -0.4 is 9.47 Å². The van der Waals surface area contributed by atoms with Crippen LogP contribution in [-0.2, 0) is 4.84 Å². The third-order valence-electron chi connectivity index (χ3n) is 3.54. The molecule has 0 aliphatic carbocycles. The van der Waals surface area contributed by atoms with E-state index in [9.17, 15) is 17.6 Å². The molecule has 0 saturated heterocycles. The number of hydrogen-bond acceptors (Lipinski definition) is 7. The maximum atomic E-state index is 13.7. The van der Waals surface area contributed by atoms with Crippen LogP contribution in [0.5, 0.6) is 11.5 Å². The summed E-state index contributed by atoms with van der Waals surface area (Å²) in [6.07, 6.45) is -2.89. The van der Waals surface area contributed by atoms with Gasteiger partial charge in [-0.25, -0.2) is 4.39 Å². The van der Waals surface area contributed by atoms with Gasteiger partial charge in [-0.1, -0.05) is 23.4 Å². The summed E-state index contributed by atoms with van der Waals surface area (Å²) in [7, 11) is 0. The minimum absolute atomic E-state index is 0.00846. The van der Waals surface area contributed by atoms with Crippen molar-refractivity contribution >= 4 is 5.90 Å². The van der Waals surface area contributed by atoms with Crippen molar-refractivity contribution in [2.75, 3.05) is 0 Å². The first kappa shape index (κ1) is 21.1. The molecule has 4 rings (SSSR count). The number of oxime groups is 1. The van der Waals surface area contributed by atoms with E-state index < -0.39 is 12.2 Å². The monoisotopic (exact) mass is 425 g/mol. The summed E-state index contributed by atoms with van der Waals surface area (Å²) in [6.45, 7) is 1.88. The Morgan fingerprint density at radius 3 is 2.43 bits per heavy atom. The van der Waals surface area contributed by atoms with Gasteiger partial charge in [-0.15, -0.1) is 23.4 Å². The van der Waals surface area contributed by atoms with Gasteiger partial charge in [0.25, 0.3) is 5.89 Å². The molecule has 1 atom stereocenters. The van der Waals surface area contributed by atoms with E-state index in [1.54, 1.807) is 6.07 Å². The highest BCUT2D eigenvalue weighted by Crippen LogP contribution is 2.26. The molecule has 0 radical (unpaired) electrons. The maximum absolute atomic E-state index is 13.7. The largest absolute Gasteiger partial charge is 0.573 e. The van der Waals surface area contributed by atoms with Crippen molar-refractivity contribution < 1.29 is 36.3 Å². The third-order valence-corrected chi connectivity index (χ3v) is 3.54. The average molecular weight is 425 g/mol. The van der Waals surface area contributed by atoms with Gasteiger partial charge in [-0.3, -0.25) is 0 Å². The van der Waals surface area contributed by atoms with Crippen molar-refractivity contribution in [1.82, 2.24) is 10.2 Å². The quantitative estimate of drug-likeness (QED) is 0.552. The van der Waals surface area contributed by atoms with Crippen LogP contribution in [0, 0.1) is 5.82 Å². The fourth-order valence-electron chi connectivity index (χ4n) is 2.31. The van der Waals surface area contributed by atoms with Gasteiger partial charge in [0.05, 0.1) is 12.0 Å². The lowest BCUT2D eigenvalue weighted by Gasteiger charge is -2.07. The normalized spacial score (nSPS) is 15.5. The Morgan fingerprint density at radius 2 is 1.83 bits per heavy atom. The van der Waals surface area contributed by atoms with Gasteiger partial charge in [0.1, 0.15) is 23.4 Å². The lowest BCUT2D eigenvalue weighted by atomic mass is 10.2. The number of alkyl halides is 3. The molecule has 30 heavy (non-hydrogen) atoms. The average Bonchev–Trinajstić information content (AvgIpc) is 3.35. The Hall–Kier alpha value is -3.63. The fraction of sp³-hybridized carbons (Fsp3) is 0.211. The van der Waals surface area contributed by atoms with Crippen LogP contribution in [0.2, 0.25) is 0 Å². The summed E-state index contributed by atoms with van der Waals surface area (Å²) in [4.78, 5) is 5.01. The predicted octanol–water partition coefficient (Wildman–Crippen LogP) is 4.96. The second-order valence-corrected chi connectivity index (χ2v) is 5.95. The van der Waals surface area contributed by atoms with Crippen molar-refractivity contribution in [2.45, 2.75) is 25.8 Å². The van der Waals surface area contributed by atoms with Crippen molar-refractivity contribution in [1.29, 1.82) is 0 Å². The first-order valence-electron chi connectivity index (χ1n) is 8.57. The number of hydrogen-bond donors (Lipinski definition) is 0. The summed E-state index contributed by atoms with van der Waals surface area (Å²) >= 11 is 0. The molecule has 2 aromatic carbocycles. The Balaban J connectivity index is 0.000000199. The Kier molecular flexibility index (Phi) is 6.50. The van der Waals surface area contributed by atoms with Gasteiger partial charge < -0.3 is 18.7 Å². The highest BCUT2D eigenvalue weighted by molar-refractivity contribution is 5.79. The molecule has 0 fully saturated rings. The molecule has 1 aromatic heterocycles. The van der Waals surface area contributed by atoms with Crippen LogP contribution in [0.3, 0.4) is 0 Å². The topological polar surface area (TPSA) is 79.0 Å². The second kappa shape index (κ2) is 9.25. The molecular formula is C19H15F4N3O4. The standard InChI is InChI=1S/C12H10FN3O3.C7H5F3O/c1-7-4-11(16-19-7)18-8-2-3-10(13)9(5-8)12-15-14-6-17-12;8-7(9,10)11-6-4-2-1-3-5-6/h2-3,5-7H,4H2,1H3;1-5H. The molecule has 0 spiro atoms. The smallest absolute Gasteiger partial charge is 0.440 e. The third kappa shape index (κ3) is 6.19. The number of halogens is 4. The van der Waals surface area contributed by atoms with Crippen LogP contribution in [0.25, 0.3) is 11.5 Å². The number of ether oxygens (including phenoxy) is 2. The Bertz CT molecular complexity index is 979. The summed E-state index contributed by atoms with van der Waals surface area (Å²) in [5.41, 5.74) is 0.183. The molecule has 1 aliphatic rings. The van der Waals surface area contributed by atoms with E-state index in [1.807, 2.05) is 6.92 Å². The van der Waals surface area contributed by atoms with Crippen LogP contribution in [0.4, 0.5) is 17.6 Å². The van der Waals surface area contributed by atoms with Crippen molar-refractivity contribution in [3.8, 4) is 23.0 Å². The van der Waals surface area contributed by atoms with E-state index in [1.165, 1.54) is 42.5 Å². The van der Waals surface area contributed by atoms with Crippen LogP contribution in [0.15, 0.2) is 64.5 Å². The van der Waals surface area contributed by atoms with Crippen molar-refractivity contribution in [2.24, 2.45) is 5.16 Å². The minimum Gasteiger partial charge on any atom is -0.440 e. The lowest BCUT2D eigenvalue weighted by molar-refractivity contribution is -0.274.